The summed E-state index contributed by atoms with van der Waals surface area (Å²) in [4.78, 5) is 1.03. The Bertz CT molecular complexity index is 373. The van der Waals surface area contributed by atoms with E-state index < -0.39 is 0 Å². The van der Waals surface area contributed by atoms with Crippen molar-refractivity contribution < 1.29 is 0 Å². The maximum Gasteiger partial charge on any atom is 0.186 e. The average Bonchev–Trinajstić information content (AvgIpc) is 2.62. The van der Waals surface area contributed by atoms with Crippen molar-refractivity contribution in [2.75, 3.05) is 6.54 Å². The van der Waals surface area contributed by atoms with Gasteiger partial charge < -0.3 is 5.32 Å². The third-order valence-corrected chi connectivity index (χ3v) is 3.17. The van der Waals surface area contributed by atoms with Gasteiger partial charge in [0.15, 0.2) is 5.11 Å². The lowest BCUT2D eigenvalue weighted by Crippen LogP contribution is -2.32. The second-order valence-corrected chi connectivity index (χ2v) is 4.90. The van der Waals surface area contributed by atoms with Crippen LogP contribution >= 0.6 is 35.2 Å². The van der Waals surface area contributed by atoms with Crippen molar-refractivity contribution in [3.05, 3.63) is 21.3 Å². The predicted octanol–water partition coefficient (Wildman–Crippen LogP) is 2.61. The number of halogens is 1. The molecule has 0 fully saturated rings. The number of hydrazone groups is 1. The summed E-state index contributed by atoms with van der Waals surface area (Å²) in [5, 5.41) is 7.62. The van der Waals surface area contributed by atoms with Crippen LogP contribution in [0.3, 0.4) is 0 Å². The molecule has 1 rings (SSSR count). The Labute approximate surface area is 104 Å². The fourth-order valence-corrected chi connectivity index (χ4v) is 2.08. The van der Waals surface area contributed by atoms with E-state index in [0.717, 1.165) is 21.5 Å². The zero-order valence-corrected chi connectivity index (χ0v) is 10.9. The van der Waals surface area contributed by atoms with E-state index in [-0.39, 0.29) is 0 Å². The maximum atomic E-state index is 5.82. The van der Waals surface area contributed by atoms with Crippen LogP contribution in [0.4, 0.5) is 0 Å². The van der Waals surface area contributed by atoms with Gasteiger partial charge in [-0.3, -0.25) is 5.43 Å². The molecule has 6 heteroatoms. The summed E-state index contributed by atoms with van der Waals surface area (Å²) < 4.78 is 0.758. The minimum absolute atomic E-state index is 0.527. The second-order valence-electron chi connectivity index (χ2n) is 2.77. The summed E-state index contributed by atoms with van der Waals surface area (Å²) in [6, 6.07) is 3.78. The fraction of sp³-hybridized carbons (Fsp3) is 0.333. The molecule has 0 saturated heterocycles. The molecule has 3 nitrogen and oxygen atoms in total. The third kappa shape index (κ3) is 4.15. The highest BCUT2D eigenvalue weighted by Crippen LogP contribution is 2.21. The van der Waals surface area contributed by atoms with Gasteiger partial charge in [0.2, 0.25) is 0 Å². The molecule has 1 aromatic rings. The molecule has 0 unspecified atom stereocenters. The smallest absolute Gasteiger partial charge is 0.186 e. The maximum absolute atomic E-state index is 5.82. The van der Waals surface area contributed by atoms with Crippen molar-refractivity contribution in [3.8, 4) is 0 Å². The highest BCUT2D eigenvalue weighted by Gasteiger charge is 2.01. The van der Waals surface area contributed by atoms with Gasteiger partial charge in [0.1, 0.15) is 0 Å². The molecule has 82 valence electrons. The van der Waals surface area contributed by atoms with Crippen LogP contribution < -0.4 is 10.7 Å². The zero-order valence-electron chi connectivity index (χ0n) is 8.50. The van der Waals surface area contributed by atoms with Gasteiger partial charge in [-0.05, 0) is 38.2 Å². The SMILES string of the molecule is CCNC(=S)NN=C(C)c1ccc(Cl)s1. The lowest BCUT2D eigenvalue weighted by Gasteiger charge is -2.04. The average molecular weight is 262 g/mol. The first-order valence-corrected chi connectivity index (χ1v) is 6.07. The Kier molecular flexibility index (Phi) is 5.01. The van der Waals surface area contributed by atoms with Gasteiger partial charge in [-0.25, -0.2) is 0 Å². The lowest BCUT2D eigenvalue weighted by atomic mass is 10.3. The fourth-order valence-electron chi connectivity index (χ4n) is 0.899. The highest BCUT2D eigenvalue weighted by atomic mass is 35.5. The number of thiophene rings is 1. The van der Waals surface area contributed by atoms with Gasteiger partial charge in [0.05, 0.1) is 14.9 Å². The van der Waals surface area contributed by atoms with Gasteiger partial charge in [0, 0.05) is 6.54 Å². The van der Waals surface area contributed by atoms with E-state index in [1.54, 1.807) is 0 Å². The third-order valence-electron chi connectivity index (χ3n) is 1.59. The normalized spacial score (nSPS) is 11.3. The summed E-state index contributed by atoms with van der Waals surface area (Å²) in [6.07, 6.45) is 0. The number of hydrogen-bond acceptors (Lipinski definition) is 3. The minimum atomic E-state index is 0.527. The van der Waals surface area contributed by atoms with Crippen molar-refractivity contribution in [1.82, 2.24) is 10.7 Å². The number of rotatable bonds is 3. The highest BCUT2D eigenvalue weighted by molar-refractivity contribution is 7.80. The molecule has 1 heterocycles. The van der Waals surface area contributed by atoms with Crippen LogP contribution in [0.5, 0.6) is 0 Å². The van der Waals surface area contributed by atoms with Gasteiger partial charge in [0.25, 0.3) is 0 Å². The topological polar surface area (TPSA) is 36.4 Å². The Balaban J connectivity index is 2.56. The molecule has 0 saturated carbocycles. The first kappa shape index (κ1) is 12.4. The van der Waals surface area contributed by atoms with Crippen LogP contribution in [0.1, 0.15) is 18.7 Å². The molecule has 0 spiro atoms. The molecular weight excluding hydrogens is 250 g/mol. The molecule has 0 aromatic carbocycles. The van der Waals surface area contributed by atoms with E-state index in [9.17, 15) is 0 Å². The van der Waals surface area contributed by atoms with Crippen LogP contribution in [0.2, 0.25) is 4.34 Å². The number of thiocarbonyl (C=S) groups is 1. The summed E-state index contributed by atoms with van der Waals surface area (Å²) in [6.45, 7) is 4.67. The molecule has 0 radical (unpaired) electrons. The lowest BCUT2D eigenvalue weighted by molar-refractivity contribution is 0.901. The van der Waals surface area contributed by atoms with Crippen LogP contribution in [0.25, 0.3) is 0 Å². The van der Waals surface area contributed by atoms with Gasteiger partial charge in [-0.15, -0.1) is 11.3 Å². The van der Waals surface area contributed by atoms with Gasteiger partial charge >= 0.3 is 0 Å². The van der Waals surface area contributed by atoms with Crippen LogP contribution in [0.15, 0.2) is 17.2 Å². The van der Waals surface area contributed by atoms with Crippen molar-refractivity contribution in [3.63, 3.8) is 0 Å². The number of hydrogen-bond donors (Lipinski definition) is 2. The monoisotopic (exact) mass is 261 g/mol. The van der Waals surface area contributed by atoms with Gasteiger partial charge in [-0.1, -0.05) is 11.6 Å². The molecule has 0 aliphatic rings. The first-order valence-electron chi connectivity index (χ1n) is 4.47. The molecule has 0 aliphatic carbocycles. The molecular formula is C9H12ClN3S2. The first-order chi connectivity index (χ1) is 7.13. The number of nitrogens with zero attached hydrogens (tertiary/aromatic N) is 1. The van der Waals surface area contributed by atoms with Crippen LogP contribution in [-0.4, -0.2) is 17.4 Å². The number of nitrogens with one attached hydrogen (secondary N) is 2. The standard InChI is InChI=1S/C9H12ClN3S2/c1-3-11-9(14)13-12-6(2)7-4-5-8(10)15-7/h4-5H,3H2,1-2H3,(H2,11,13,14). The Morgan fingerprint density at radius 1 is 1.60 bits per heavy atom. The predicted molar refractivity (Wildman–Crippen MR) is 71.0 cm³/mol. The molecule has 0 bridgehead atoms. The van der Waals surface area contributed by atoms with Crippen molar-refractivity contribution in [2.24, 2.45) is 5.10 Å². The van der Waals surface area contributed by atoms with Crippen molar-refractivity contribution >= 4 is 46.0 Å². The van der Waals surface area contributed by atoms with E-state index in [1.807, 2.05) is 26.0 Å². The van der Waals surface area contributed by atoms with E-state index in [2.05, 4.69) is 15.8 Å². The summed E-state index contributed by atoms with van der Waals surface area (Å²) in [7, 11) is 0. The minimum Gasteiger partial charge on any atom is -0.362 e. The van der Waals surface area contributed by atoms with E-state index in [1.165, 1.54) is 11.3 Å². The van der Waals surface area contributed by atoms with Crippen LogP contribution in [0, 0.1) is 0 Å². The Hall–Kier alpha value is -0.650. The van der Waals surface area contributed by atoms with Crippen LogP contribution in [-0.2, 0) is 0 Å². The second kappa shape index (κ2) is 6.05. The zero-order chi connectivity index (χ0) is 11.3. The molecule has 0 amide bonds. The summed E-state index contributed by atoms with van der Waals surface area (Å²) >= 11 is 12.3. The van der Waals surface area contributed by atoms with E-state index >= 15 is 0 Å². The largest absolute Gasteiger partial charge is 0.362 e. The molecule has 15 heavy (non-hydrogen) atoms. The molecule has 2 N–H and O–H groups in total. The van der Waals surface area contributed by atoms with E-state index in [4.69, 9.17) is 23.8 Å². The van der Waals surface area contributed by atoms with E-state index in [0.29, 0.717) is 5.11 Å². The van der Waals surface area contributed by atoms with Crippen molar-refractivity contribution in [2.45, 2.75) is 13.8 Å². The summed E-state index contributed by atoms with van der Waals surface area (Å²) in [5.41, 5.74) is 3.63. The Morgan fingerprint density at radius 2 is 2.33 bits per heavy atom. The molecule has 0 atom stereocenters. The molecule has 0 aliphatic heterocycles. The quantitative estimate of drug-likeness (QED) is 0.499. The summed E-state index contributed by atoms with van der Waals surface area (Å²) in [5.74, 6) is 0. The van der Waals surface area contributed by atoms with Gasteiger partial charge in [-0.2, -0.15) is 5.10 Å². The molecule has 1 aromatic heterocycles. The van der Waals surface area contributed by atoms with Crippen molar-refractivity contribution in [1.29, 1.82) is 0 Å². The Morgan fingerprint density at radius 3 is 2.87 bits per heavy atom.